The number of amides is 3. The summed E-state index contributed by atoms with van der Waals surface area (Å²) in [7, 11) is 3.10. The van der Waals surface area contributed by atoms with Crippen molar-refractivity contribution in [3.05, 3.63) is 53.8 Å². The molecular formula is C24H28FN3O4. The number of carbonyl (C=O) groups excluding carboxylic acids is 2. The van der Waals surface area contributed by atoms with E-state index in [1.54, 1.807) is 43.4 Å². The van der Waals surface area contributed by atoms with E-state index < -0.39 is 0 Å². The van der Waals surface area contributed by atoms with Crippen molar-refractivity contribution in [2.24, 2.45) is 5.92 Å². The zero-order valence-corrected chi connectivity index (χ0v) is 18.3. The maximum absolute atomic E-state index is 13.7. The van der Waals surface area contributed by atoms with Crippen LogP contribution in [0.3, 0.4) is 0 Å². The lowest BCUT2D eigenvalue weighted by Gasteiger charge is -2.30. The van der Waals surface area contributed by atoms with Gasteiger partial charge in [-0.05, 0) is 48.6 Å². The molecule has 2 aliphatic heterocycles. The molecule has 0 radical (unpaired) electrons. The van der Waals surface area contributed by atoms with E-state index in [-0.39, 0.29) is 29.7 Å². The average molecular weight is 442 g/mol. The first-order chi connectivity index (χ1) is 15.5. The number of hydrogen-bond donors (Lipinski definition) is 1. The van der Waals surface area contributed by atoms with Crippen molar-refractivity contribution in [3.8, 4) is 11.5 Å². The van der Waals surface area contributed by atoms with Crippen LogP contribution in [0.25, 0.3) is 0 Å². The normalized spacial score (nSPS) is 20.5. The largest absolute Gasteiger partial charge is 0.493 e. The van der Waals surface area contributed by atoms with Crippen molar-refractivity contribution >= 4 is 17.6 Å². The molecule has 1 N–H and O–H groups in total. The standard InChI is InChI=1S/C24H28FN3O4/c1-31-21-10-9-19(12-22(21)32-2)26-24(30)27-14-17-6-4-8-23(29)28(20(17)15-27)13-16-5-3-7-18(25)11-16/h3,5,7,9-12,17,20H,4,6,8,13-15H2,1-2H3,(H,26,30). The molecule has 32 heavy (non-hydrogen) atoms. The predicted molar refractivity (Wildman–Crippen MR) is 118 cm³/mol. The Morgan fingerprint density at radius 3 is 2.69 bits per heavy atom. The highest BCUT2D eigenvalue weighted by Gasteiger charge is 2.41. The number of hydrogen-bond acceptors (Lipinski definition) is 4. The van der Waals surface area contributed by atoms with Crippen LogP contribution in [0.4, 0.5) is 14.9 Å². The van der Waals surface area contributed by atoms with Crippen LogP contribution in [0.5, 0.6) is 11.5 Å². The summed E-state index contributed by atoms with van der Waals surface area (Å²) in [5.41, 5.74) is 1.36. The average Bonchev–Trinajstić information content (AvgIpc) is 3.15. The topological polar surface area (TPSA) is 71.1 Å². The molecule has 2 atom stereocenters. The van der Waals surface area contributed by atoms with Gasteiger partial charge in [0.15, 0.2) is 11.5 Å². The van der Waals surface area contributed by atoms with Gasteiger partial charge in [0.2, 0.25) is 5.91 Å². The minimum atomic E-state index is -0.316. The smallest absolute Gasteiger partial charge is 0.321 e. The number of nitrogens with one attached hydrogen (secondary N) is 1. The Hall–Kier alpha value is -3.29. The van der Waals surface area contributed by atoms with Gasteiger partial charge >= 0.3 is 6.03 Å². The summed E-state index contributed by atoms with van der Waals surface area (Å²) in [6.45, 7) is 1.38. The Labute approximate surface area is 187 Å². The zero-order valence-electron chi connectivity index (χ0n) is 18.3. The van der Waals surface area contributed by atoms with Gasteiger partial charge in [-0.3, -0.25) is 4.79 Å². The number of anilines is 1. The van der Waals surface area contributed by atoms with E-state index in [9.17, 15) is 14.0 Å². The van der Waals surface area contributed by atoms with Gasteiger partial charge in [0.1, 0.15) is 5.82 Å². The number of ether oxygens (including phenoxy) is 2. The molecule has 170 valence electrons. The molecule has 7 nitrogen and oxygen atoms in total. The molecule has 8 heteroatoms. The van der Waals surface area contributed by atoms with Gasteiger partial charge in [-0.1, -0.05) is 12.1 Å². The first-order valence-electron chi connectivity index (χ1n) is 10.8. The Morgan fingerprint density at radius 2 is 1.94 bits per heavy atom. The Kier molecular flexibility index (Phi) is 6.48. The number of halogens is 1. The second kappa shape index (κ2) is 9.46. The van der Waals surface area contributed by atoms with Gasteiger partial charge in [-0.15, -0.1) is 0 Å². The van der Waals surface area contributed by atoms with E-state index in [1.807, 2.05) is 11.0 Å². The first kappa shape index (κ1) is 21.9. The minimum Gasteiger partial charge on any atom is -0.493 e. The number of nitrogens with zero attached hydrogens (tertiary/aromatic N) is 2. The monoisotopic (exact) mass is 441 g/mol. The SMILES string of the molecule is COc1ccc(NC(=O)N2CC3CCCC(=O)N(Cc4cccc(F)c4)C3C2)cc1OC. The van der Waals surface area contributed by atoms with Crippen LogP contribution in [0.1, 0.15) is 24.8 Å². The third kappa shape index (κ3) is 4.64. The summed E-state index contributed by atoms with van der Waals surface area (Å²) in [5, 5.41) is 2.92. The Morgan fingerprint density at radius 1 is 1.12 bits per heavy atom. The number of fused-ring (bicyclic) bond motifs is 1. The van der Waals surface area contributed by atoms with Gasteiger partial charge in [0.25, 0.3) is 0 Å². The number of rotatable bonds is 5. The maximum atomic E-state index is 13.7. The molecule has 0 saturated carbocycles. The molecule has 2 aromatic carbocycles. The highest BCUT2D eigenvalue weighted by Crippen LogP contribution is 2.33. The molecule has 2 unspecified atom stereocenters. The summed E-state index contributed by atoms with van der Waals surface area (Å²) in [4.78, 5) is 29.4. The predicted octanol–water partition coefficient (Wildman–Crippen LogP) is 3.89. The third-order valence-electron chi connectivity index (χ3n) is 6.26. The van der Waals surface area contributed by atoms with Crippen LogP contribution in [0.2, 0.25) is 0 Å². The molecule has 2 aromatic rings. The number of benzene rings is 2. The molecular weight excluding hydrogens is 413 g/mol. The second-order valence-corrected chi connectivity index (χ2v) is 8.28. The van der Waals surface area contributed by atoms with Crippen LogP contribution in [0, 0.1) is 11.7 Å². The molecule has 0 bridgehead atoms. The van der Waals surface area contributed by atoms with Crippen molar-refractivity contribution < 1.29 is 23.5 Å². The van der Waals surface area contributed by atoms with Crippen molar-refractivity contribution in [1.82, 2.24) is 9.80 Å². The lowest BCUT2D eigenvalue weighted by molar-refractivity contribution is -0.133. The summed E-state index contributed by atoms with van der Waals surface area (Å²) in [5.74, 6) is 1.06. The molecule has 3 amide bonds. The Bertz CT molecular complexity index is 999. The van der Waals surface area contributed by atoms with Gasteiger partial charge in [-0.25, -0.2) is 9.18 Å². The van der Waals surface area contributed by atoms with Crippen LogP contribution < -0.4 is 14.8 Å². The van der Waals surface area contributed by atoms with Crippen LogP contribution in [-0.2, 0) is 11.3 Å². The summed E-state index contributed by atoms with van der Waals surface area (Å²) in [6, 6.07) is 11.2. The molecule has 2 saturated heterocycles. The number of carbonyl (C=O) groups is 2. The van der Waals surface area contributed by atoms with Gasteiger partial charge in [0, 0.05) is 37.8 Å². The van der Waals surface area contributed by atoms with Crippen molar-refractivity contribution in [3.63, 3.8) is 0 Å². The zero-order chi connectivity index (χ0) is 22.7. The molecule has 0 aliphatic carbocycles. The molecule has 2 fully saturated rings. The summed E-state index contributed by atoms with van der Waals surface area (Å²) >= 11 is 0. The van der Waals surface area contributed by atoms with E-state index >= 15 is 0 Å². The van der Waals surface area contributed by atoms with Crippen LogP contribution in [-0.4, -0.2) is 55.1 Å². The van der Waals surface area contributed by atoms with Gasteiger partial charge < -0.3 is 24.6 Å². The highest BCUT2D eigenvalue weighted by molar-refractivity contribution is 5.90. The summed E-state index contributed by atoms with van der Waals surface area (Å²) in [6.07, 6.45) is 2.17. The van der Waals surface area contributed by atoms with E-state index in [0.29, 0.717) is 43.2 Å². The number of methoxy groups -OCH3 is 2. The fourth-order valence-electron chi connectivity index (χ4n) is 4.65. The van der Waals surface area contributed by atoms with E-state index in [4.69, 9.17) is 9.47 Å². The molecule has 0 aromatic heterocycles. The van der Waals surface area contributed by atoms with E-state index in [1.165, 1.54) is 12.1 Å². The lowest BCUT2D eigenvalue weighted by atomic mass is 9.98. The third-order valence-corrected chi connectivity index (χ3v) is 6.26. The van der Waals surface area contributed by atoms with Gasteiger partial charge in [-0.2, -0.15) is 0 Å². The maximum Gasteiger partial charge on any atom is 0.321 e. The first-order valence-corrected chi connectivity index (χ1v) is 10.8. The molecule has 0 spiro atoms. The fourth-order valence-corrected chi connectivity index (χ4v) is 4.65. The van der Waals surface area contributed by atoms with Crippen molar-refractivity contribution in [2.75, 3.05) is 32.6 Å². The van der Waals surface area contributed by atoms with Crippen LogP contribution in [0.15, 0.2) is 42.5 Å². The van der Waals surface area contributed by atoms with Crippen molar-refractivity contribution in [1.29, 1.82) is 0 Å². The summed E-state index contributed by atoms with van der Waals surface area (Å²) < 4.78 is 24.2. The number of urea groups is 1. The molecule has 4 rings (SSSR count). The molecule has 2 aliphatic rings. The second-order valence-electron chi connectivity index (χ2n) is 8.28. The lowest BCUT2D eigenvalue weighted by Crippen LogP contribution is -2.43. The van der Waals surface area contributed by atoms with E-state index in [0.717, 1.165) is 18.4 Å². The van der Waals surface area contributed by atoms with Gasteiger partial charge in [0.05, 0.1) is 20.3 Å². The Balaban J connectivity index is 1.47. The fraction of sp³-hybridized carbons (Fsp3) is 0.417. The number of likely N-dealkylation sites (tertiary alicyclic amines) is 2. The highest BCUT2D eigenvalue weighted by atomic mass is 19.1. The van der Waals surface area contributed by atoms with Crippen LogP contribution >= 0.6 is 0 Å². The minimum absolute atomic E-state index is 0.0592. The van der Waals surface area contributed by atoms with Crippen molar-refractivity contribution in [2.45, 2.75) is 31.8 Å². The van der Waals surface area contributed by atoms with E-state index in [2.05, 4.69) is 5.32 Å². The molecule has 2 heterocycles. The quantitative estimate of drug-likeness (QED) is 0.764.